The van der Waals surface area contributed by atoms with Crippen LogP contribution in [-0.4, -0.2) is 22.8 Å². The normalized spacial score (nSPS) is 21.9. The van der Waals surface area contributed by atoms with E-state index in [1.54, 1.807) is 13.8 Å². The topological polar surface area (TPSA) is 55.8 Å². The summed E-state index contributed by atoms with van der Waals surface area (Å²) in [7, 11) is 0. The largest absolute Gasteiger partial charge is 0.487 e. The molecule has 96 valence electrons. The molecule has 3 rings (SSSR count). The highest BCUT2D eigenvalue weighted by Gasteiger charge is 2.38. The summed E-state index contributed by atoms with van der Waals surface area (Å²) in [5, 5.41) is 10.0. The van der Waals surface area contributed by atoms with Crippen molar-refractivity contribution in [3.8, 4) is 11.5 Å². The van der Waals surface area contributed by atoms with Gasteiger partial charge in [-0.2, -0.15) is 0 Å². The number of hydrogen-bond acceptors (Lipinski definition) is 4. The average molecular weight is 248 g/mol. The molecule has 0 amide bonds. The molecule has 1 aromatic rings. The lowest BCUT2D eigenvalue weighted by Crippen LogP contribution is -2.39. The van der Waals surface area contributed by atoms with Crippen LogP contribution in [0.15, 0.2) is 12.1 Å². The molecule has 0 saturated heterocycles. The number of hydrogen-bond donors (Lipinski definition) is 1. The smallest absolute Gasteiger partial charge is 0.311 e. The molecular weight excluding hydrogens is 232 g/mol. The van der Waals surface area contributed by atoms with Gasteiger partial charge in [0.25, 0.3) is 0 Å². The summed E-state index contributed by atoms with van der Waals surface area (Å²) in [5.74, 6) is 1.17. The van der Waals surface area contributed by atoms with Gasteiger partial charge in [0.15, 0.2) is 0 Å². The number of benzene rings is 1. The van der Waals surface area contributed by atoms with Crippen LogP contribution in [0.1, 0.15) is 31.4 Å². The van der Waals surface area contributed by atoms with Crippen LogP contribution in [0, 0.1) is 0 Å². The number of esters is 1. The zero-order valence-corrected chi connectivity index (χ0v) is 10.5. The monoisotopic (exact) mass is 248 g/mol. The third kappa shape index (κ3) is 1.77. The second-order valence-electron chi connectivity index (χ2n) is 5.47. The Morgan fingerprint density at radius 3 is 2.83 bits per heavy atom. The van der Waals surface area contributed by atoms with E-state index in [0.29, 0.717) is 25.0 Å². The molecule has 18 heavy (non-hydrogen) atoms. The third-order valence-corrected chi connectivity index (χ3v) is 3.56. The van der Waals surface area contributed by atoms with Gasteiger partial charge in [0.2, 0.25) is 0 Å². The van der Waals surface area contributed by atoms with E-state index in [4.69, 9.17) is 9.47 Å². The zero-order chi connectivity index (χ0) is 12.9. The Morgan fingerprint density at radius 1 is 1.33 bits per heavy atom. The minimum atomic E-state index is -0.912. The van der Waals surface area contributed by atoms with Crippen LogP contribution in [0.2, 0.25) is 0 Å². The number of aryl methyl sites for hydroxylation is 1. The molecule has 1 aromatic carbocycles. The van der Waals surface area contributed by atoms with E-state index < -0.39 is 5.60 Å². The number of rotatable bonds is 1. The number of fused-ring (bicyclic) bond motifs is 3. The minimum Gasteiger partial charge on any atom is -0.487 e. The molecule has 0 saturated carbocycles. The van der Waals surface area contributed by atoms with Crippen LogP contribution in [0.5, 0.6) is 11.5 Å². The lowest BCUT2D eigenvalue weighted by Gasteiger charge is -2.24. The lowest BCUT2D eigenvalue weighted by atomic mass is 9.94. The molecule has 1 atom stereocenters. The molecule has 0 unspecified atom stereocenters. The van der Waals surface area contributed by atoms with Gasteiger partial charge in [0.05, 0.1) is 12.0 Å². The second kappa shape index (κ2) is 3.72. The Labute approximate surface area is 106 Å². The standard InChI is InChI=1S/C14H16O4/c1-14(2,16)11-7-9-10(17-11)5-3-8-4-6-12(15)18-13(8)9/h3,5,11,16H,4,6-7H2,1-2H3/t11-/m0/s1. The van der Waals surface area contributed by atoms with Gasteiger partial charge in [-0.25, -0.2) is 0 Å². The summed E-state index contributed by atoms with van der Waals surface area (Å²) in [6.45, 7) is 3.45. The van der Waals surface area contributed by atoms with E-state index in [9.17, 15) is 9.90 Å². The molecule has 0 aliphatic carbocycles. The predicted molar refractivity (Wildman–Crippen MR) is 64.8 cm³/mol. The second-order valence-corrected chi connectivity index (χ2v) is 5.47. The number of carbonyl (C=O) groups is 1. The van der Waals surface area contributed by atoms with Crippen molar-refractivity contribution in [3.63, 3.8) is 0 Å². The Balaban J connectivity index is 1.99. The fraction of sp³-hybridized carbons (Fsp3) is 0.500. The van der Waals surface area contributed by atoms with Crippen molar-refractivity contribution in [2.75, 3.05) is 0 Å². The molecule has 0 aromatic heterocycles. The SMILES string of the molecule is CC(C)(O)[C@@H]1Cc2c(ccc3c2OC(=O)CC3)O1. The molecule has 2 aliphatic rings. The quantitative estimate of drug-likeness (QED) is 0.606. The molecule has 4 nitrogen and oxygen atoms in total. The van der Waals surface area contributed by atoms with Crippen LogP contribution in [0.25, 0.3) is 0 Å². The Morgan fingerprint density at radius 2 is 2.11 bits per heavy atom. The first-order valence-electron chi connectivity index (χ1n) is 6.19. The fourth-order valence-electron chi connectivity index (χ4n) is 2.46. The fourth-order valence-corrected chi connectivity index (χ4v) is 2.46. The van der Waals surface area contributed by atoms with Gasteiger partial charge >= 0.3 is 5.97 Å². The van der Waals surface area contributed by atoms with Gasteiger partial charge in [0.1, 0.15) is 17.6 Å². The average Bonchev–Trinajstić information content (AvgIpc) is 2.72. The molecule has 1 N–H and O–H groups in total. The highest BCUT2D eigenvalue weighted by molar-refractivity contribution is 5.76. The van der Waals surface area contributed by atoms with Crippen LogP contribution in [-0.2, 0) is 17.6 Å². The number of aliphatic hydroxyl groups is 1. The van der Waals surface area contributed by atoms with Crippen LogP contribution in [0.4, 0.5) is 0 Å². The van der Waals surface area contributed by atoms with Crippen LogP contribution >= 0.6 is 0 Å². The summed E-state index contributed by atoms with van der Waals surface area (Å²) in [6.07, 6.45) is 1.44. The van der Waals surface area contributed by atoms with Crippen LogP contribution < -0.4 is 9.47 Å². The van der Waals surface area contributed by atoms with Gasteiger partial charge < -0.3 is 14.6 Å². The van der Waals surface area contributed by atoms with Crippen molar-refractivity contribution in [3.05, 3.63) is 23.3 Å². The van der Waals surface area contributed by atoms with Crippen molar-refractivity contribution in [2.24, 2.45) is 0 Å². The third-order valence-electron chi connectivity index (χ3n) is 3.56. The number of carbonyl (C=O) groups excluding carboxylic acids is 1. The number of ether oxygens (including phenoxy) is 2. The van der Waals surface area contributed by atoms with Crippen molar-refractivity contribution in [2.45, 2.75) is 44.8 Å². The molecule has 0 spiro atoms. The van der Waals surface area contributed by atoms with Crippen molar-refractivity contribution in [1.82, 2.24) is 0 Å². The van der Waals surface area contributed by atoms with E-state index in [2.05, 4.69) is 0 Å². The summed E-state index contributed by atoms with van der Waals surface area (Å²) >= 11 is 0. The first kappa shape index (κ1) is 11.5. The Bertz CT molecular complexity index is 513. The van der Waals surface area contributed by atoms with E-state index in [0.717, 1.165) is 16.9 Å². The maximum Gasteiger partial charge on any atom is 0.311 e. The first-order chi connectivity index (χ1) is 8.45. The molecule has 2 heterocycles. The summed E-state index contributed by atoms with van der Waals surface area (Å²) < 4.78 is 11.1. The molecule has 0 fully saturated rings. The van der Waals surface area contributed by atoms with Gasteiger partial charge in [-0.15, -0.1) is 0 Å². The first-order valence-corrected chi connectivity index (χ1v) is 6.19. The molecule has 0 bridgehead atoms. The van der Waals surface area contributed by atoms with Crippen LogP contribution in [0.3, 0.4) is 0 Å². The van der Waals surface area contributed by atoms with E-state index in [1.807, 2.05) is 12.1 Å². The molecule has 2 aliphatic heterocycles. The maximum atomic E-state index is 11.4. The maximum absolute atomic E-state index is 11.4. The molecule has 0 radical (unpaired) electrons. The van der Waals surface area contributed by atoms with E-state index >= 15 is 0 Å². The van der Waals surface area contributed by atoms with Gasteiger partial charge in [0, 0.05) is 12.0 Å². The molecular formula is C14H16O4. The molecule has 4 heteroatoms. The van der Waals surface area contributed by atoms with Gasteiger partial charge in [-0.05, 0) is 31.9 Å². The summed E-state index contributed by atoms with van der Waals surface area (Å²) in [4.78, 5) is 11.4. The van der Waals surface area contributed by atoms with E-state index in [-0.39, 0.29) is 12.1 Å². The van der Waals surface area contributed by atoms with E-state index in [1.165, 1.54) is 0 Å². The van der Waals surface area contributed by atoms with Crippen molar-refractivity contribution < 1.29 is 19.4 Å². The Kier molecular flexibility index (Phi) is 2.38. The highest BCUT2D eigenvalue weighted by Crippen LogP contribution is 2.42. The zero-order valence-electron chi connectivity index (χ0n) is 10.5. The van der Waals surface area contributed by atoms with Gasteiger partial charge in [-0.1, -0.05) is 6.07 Å². The van der Waals surface area contributed by atoms with Crippen molar-refractivity contribution in [1.29, 1.82) is 0 Å². The Hall–Kier alpha value is -1.55. The summed E-state index contributed by atoms with van der Waals surface area (Å²) in [5.41, 5.74) is 1.05. The van der Waals surface area contributed by atoms with Gasteiger partial charge in [-0.3, -0.25) is 4.79 Å². The summed E-state index contributed by atoms with van der Waals surface area (Å²) in [6, 6.07) is 3.84. The lowest BCUT2D eigenvalue weighted by molar-refractivity contribution is -0.135. The highest BCUT2D eigenvalue weighted by atomic mass is 16.5. The predicted octanol–water partition coefficient (Wildman–Crippen LogP) is 1.61. The van der Waals surface area contributed by atoms with Crippen molar-refractivity contribution >= 4 is 5.97 Å². The minimum absolute atomic E-state index is 0.192.